The molecule has 0 spiro atoms. The number of ether oxygens (including phenoxy) is 2. The van der Waals surface area contributed by atoms with Crippen molar-refractivity contribution in [2.45, 2.75) is 0 Å². The molecule has 6 heteroatoms. The number of esters is 2. The van der Waals surface area contributed by atoms with Gasteiger partial charge in [-0.1, -0.05) is 13.2 Å². The summed E-state index contributed by atoms with van der Waals surface area (Å²) in [6.45, 7) is 5.37. The van der Waals surface area contributed by atoms with E-state index in [0.717, 1.165) is 12.2 Å². The molecule has 6 nitrogen and oxygen atoms in total. The minimum absolute atomic E-state index is 0.588. The summed E-state index contributed by atoms with van der Waals surface area (Å²) in [6, 6.07) is 0. The van der Waals surface area contributed by atoms with Gasteiger partial charge in [0, 0.05) is 12.2 Å². The summed E-state index contributed by atoms with van der Waals surface area (Å²) in [6.07, 6.45) is 1.61. The number of hydrogen-bond donors (Lipinski definition) is 2. The molecule has 0 aliphatic rings. The summed E-state index contributed by atoms with van der Waals surface area (Å²) in [4.78, 5) is 21.3. The van der Waals surface area contributed by atoms with Crippen LogP contribution in [0.5, 0.6) is 0 Å². The van der Waals surface area contributed by atoms with E-state index in [9.17, 15) is 9.59 Å². The van der Waals surface area contributed by atoms with Gasteiger partial charge in [0.15, 0.2) is 0 Å². The molecule has 0 heterocycles. The lowest BCUT2D eigenvalue weighted by molar-refractivity contribution is -0.142. The molecule has 82 valence electrons. The van der Waals surface area contributed by atoms with Crippen molar-refractivity contribution in [1.29, 1.82) is 0 Å². The maximum absolute atomic E-state index is 10.7. The highest BCUT2D eigenvalue weighted by Gasteiger charge is 2.13. The summed E-state index contributed by atoms with van der Waals surface area (Å²) in [5, 5.41) is 17.8. The second kappa shape index (κ2) is 6.39. The van der Waals surface area contributed by atoms with E-state index in [1.165, 1.54) is 0 Å². The lowest BCUT2D eigenvalue weighted by atomic mass is 10.5. The van der Waals surface area contributed by atoms with Crippen molar-refractivity contribution in [3.8, 4) is 0 Å². The van der Waals surface area contributed by atoms with Gasteiger partial charge in [0.1, 0.15) is 6.61 Å². The number of carbonyl (C=O) groups excluding carboxylic acids is 2. The molecule has 0 radical (unpaired) electrons. The van der Waals surface area contributed by atoms with Crippen molar-refractivity contribution < 1.29 is 29.3 Å². The van der Waals surface area contributed by atoms with E-state index in [-0.39, 0.29) is 0 Å². The van der Waals surface area contributed by atoms with E-state index in [0.29, 0.717) is 0 Å². The molecule has 0 aliphatic carbocycles. The first-order chi connectivity index (χ1) is 7.04. The topological polar surface area (TPSA) is 93.1 Å². The van der Waals surface area contributed by atoms with Gasteiger partial charge in [0.05, 0.1) is 0 Å². The fourth-order valence-corrected chi connectivity index (χ4v) is 0.501. The van der Waals surface area contributed by atoms with Gasteiger partial charge in [0.2, 0.25) is 5.76 Å². The maximum Gasteiger partial charge on any atom is 0.338 e. The third-order valence-electron chi connectivity index (χ3n) is 1.14. The van der Waals surface area contributed by atoms with Gasteiger partial charge in [0.25, 0.3) is 0 Å². The number of rotatable bonds is 5. The number of aliphatic hydroxyl groups is 2. The van der Waals surface area contributed by atoms with Gasteiger partial charge in [-0.25, -0.2) is 9.59 Å². The molecule has 0 aliphatic heterocycles. The van der Waals surface area contributed by atoms with Gasteiger partial charge in [-0.15, -0.1) is 0 Å². The Labute approximate surface area is 85.7 Å². The lowest BCUT2D eigenvalue weighted by Crippen LogP contribution is -2.10. The van der Waals surface area contributed by atoms with Crippen molar-refractivity contribution in [2.24, 2.45) is 0 Å². The molecule has 0 unspecified atom stereocenters. The SMILES string of the molecule is C=CC(=O)O/C(O)=C(/CO)OC(=O)C=C. The third-order valence-corrected chi connectivity index (χ3v) is 1.14. The quantitative estimate of drug-likeness (QED) is 0.385. The minimum Gasteiger partial charge on any atom is -0.478 e. The molecule has 15 heavy (non-hydrogen) atoms. The second-order valence-electron chi connectivity index (χ2n) is 2.14. The summed E-state index contributed by atoms with van der Waals surface area (Å²) in [5.41, 5.74) is 0. The van der Waals surface area contributed by atoms with Crippen LogP contribution in [0.4, 0.5) is 0 Å². The van der Waals surface area contributed by atoms with E-state index in [4.69, 9.17) is 10.2 Å². The summed E-state index contributed by atoms with van der Waals surface area (Å²) < 4.78 is 8.57. The predicted octanol–water partition coefficient (Wildman–Crippen LogP) is 0.164. The van der Waals surface area contributed by atoms with Gasteiger partial charge < -0.3 is 19.7 Å². The van der Waals surface area contributed by atoms with E-state index < -0.39 is 30.2 Å². The summed E-state index contributed by atoms with van der Waals surface area (Å²) >= 11 is 0. The first kappa shape index (κ1) is 12.9. The van der Waals surface area contributed by atoms with E-state index in [1.54, 1.807) is 0 Å². The van der Waals surface area contributed by atoms with Gasteiger partial charge >= 0.3 is 17.9 Å². The Morgan fingerprint density at radius 1 is 1.13 bits per heavy atom. The molecule has 0 saturated carbocycles. The Bertz CT molecular complexity index is 315. The molecular formula is C9H10O6. The smallest absolute Gasteiger partial charge is 0.338 e. The molecule has 0 aromatic rings. The monoisotopic (exact) mass is 214 g/mol. The van der Waals surface area contributed by atoms with Gasteiger partial charge in [-0.2, -0.15) is 0 Å². The third kappa shape index (κ3) is 4.63. The van der Waals surface area contributed by atoms with E-state index in [2.05, 4.69) is 22.6 Å². The van der Waals surface area contributed by atoms with Crippen molar-refractivity contribution >= 4 is 11.9 Å². The Kier molecular flexibility index (Phi) is 5.50. The molecule has 0 rings (SSSR count). The Hall–Kier alpha value is -2.08. The van der Waals surface area contributed by atoms with Crippen LogP contribution in [0.15, 0.2) is 37.0 Å². The Balaban J connectivity index is 4.65. The zero-order valence-electron chi connectivity index (χ0n) is 7.80. The zero-order chi connectivity index (χ0) is 11.8. The summed E-state index contributed by atoms with van der Waals surface area (Å²) in [7, 11) is 0. The highest BCUT2D eigenvalue weighted by atomic mass is 16.6. The first-order valence-corrected chi connectivity index (χ1v) is 3.76. The van der Waals surface area contributed by atoms with Crippen LogP contribution in [0.2, 0.25) is 0 Å². The van der Waals surface area contributed by atoms with E-state index >= 15 is 0 Å². The van der Waals surface area contributed by atoms with Crippen LogP contribution in [0.1, 0.15) is 0 Å². The van der Waals surface area contributed by atoms with Crippen LogP contribution in [0, 0.1) is 0 Å². The highest BCUT2D eigenvalue weighted by Crippen LogP contribution is 2.05. The van der Waals surface area contributed by atoms with Crippen LogP contribution in [-0.2, 0) is 19.1 Å². The van der Waals surface area contributed by atoms with E-state index in [1.807, 2.05) is 0 Å². The Morgan fingerprint density at radius 2 is 1.60 bits per heavy atom. The second-order valence-corrected chi connectivity index (χ2v) is 2.14. The fourth-order valence-electron chi connectivity index (χ4n) is 0.501. The molecule has 0 bridgehead atoms. The van der Waals surface area contributed by atoms with Gasteiger partial charge in [-0.05, 0) is 0 Å². The van der Waals surface area contributed by atoms with Crippen LogP contribution in [0.25, 0.3) is 0 Å². The molecule has 0 aromatic carbocycles. The van der Waals surface area contributed by atoms with Crippen LogP contribution in [-0.4, -0.2) is 28.8 Å². The van der Waals surface area contributed by atoms with Crippen LogP contribution >= 0.6 is 0 Å². The molecule has 2 N–H and O–H groups in total. The maximum atomic E-state index is 10.7. The zero-order valence-corrected chi connectivity index (χ0v) is 7.80. The van der Waals surface area contributed by atoms with Crippen molar-refractivity contribution in [3.63, 3.8) is 0 Å². The molecule has 0 amide bonds. The van der Waals surface area contributed by atoms with Crippen LogP contribution in [0.3, 0.4) is 0 Å². The average molecular weight is 214 g/mol. The normalized spacial score (nSPS) is 11.0. The molecule has 0 aromatic heterocycles. The average Bonchev–Trinajstić information content (AvgIpc) is 2.24. The highest BCUT2D eigenvalue weighted by molar-refractivity contribution is 5.83. The molecular weight excluding hydrogens is 204 g/mol. The van der Waals surface area contributed by atoms with Gasteiger partial charge in [-0.3, -0.25) is 0 Å². The largest absolute Gasteiger partial charge is 0.478 e. The number of aliphatic hydroxyl groups excluding tert-OH is 2. The number of hydrogen-bond acceptors (Lipinski definition) is 6. The number of carbonyl (C=O) groups is 2. The van der Waals surface area contributed by atoms with Crippen molar-refractivity contribution in [3.05, 3.63) is 37.0 Å². The predicted molar refractivity (Wildman–Crippen MR) is 49.3 cm³/mol. The van der Waals surface area contributed by atoms with Crippen molar-refractivity contribution in [1.82, 2.24) is 0 Å². The standard InChI is InChI=1S/C9H10O6/c1-3-7(11)14-6(5-10)9(13)15-8(12)4-2/h3-4,10,13H,1-2,5H2/b9-6-. The molecule has 0 atom stereocenters. The minimum atomic E-state index is -1.00. The van der Waals surface area contributed by atoms with Crippen LogP contribution < -0.4 is 0 Å². The fraction of sp³-hybridized carbons (Fsp3) is 0.111. The Morgan fingerprint density at radius 3 is 2.00 bits per heavy atom. The summed E-state index contributed by atoms with van der Waals surface area (Å²) in [5.74, 6) is -3.44. The first-order valence-electron chi connectivity index (χ1n) is 3.76. The van der Waals surface area contributed by atoms with Crippen molar-refractivity contribution in [2.75, 3.05) is 6.61 Å². The molecule has 0 fully saturated rings. The lowest BCUT2D eigenvalue weighted by Gasteiger charge is -2.06. The molecule has 0 saturated heterocycles.